The van der Waals surface area contributed by atoms with Gasteiger partial charge in [-0.1, -0.05) is 41.9 Å². The van der Waals surface area contributed by atoms with Gasteiger partial charge in [-0.25, -0.2) is 8.42 Å². The largest absolute Gasteiger partial charge is 0.304 e. The third-order valence-electron chi connectivity index (χ3n) is 8.00. The van der Waals surface area contributed by atoms with Crippen molar-refractivity contribution in [1.29, 1.82) is 0 Å². The molecule has 4 aliphatic rings. The quantitative estimate of drug-likeness (QED) is 0.669. The fourth-order valence-electron chi connectivity index (χ4n) is 6.12. The number of carbonyl (C=O) groups is 1. The van der Waals surface area contributed by atoms with Crippen LogP contribution in [0.2, 0.25) is 5.02 Å². The van der Waals surface area contributed by atoms with E-state index >= 15 is 0 Å². The van der Waals surface area contributed by atoms with Gasteiger partial charge in [0.2, 0.25) is 5.91 Å². The number of halogens is 1. The van der Waals surface area contributed by atoms with Gasteiger partial charge in [0.25, 0.3) is 0 Å². The molecule has 2 bridgehead atoms. The minimum absolute atomic E-state index is 0.0248. The first-order chi connectivity index (χ1) is 14.8. The summed E-state index contributed by atoms with van der Waals surface area (Å²) in [5, 5.41) is 3.66. The van der Waals surface area contributed by atoms with Crippen LogP contribution in [0.25, 0.3) is 0 Å². The number of nitrogens with zero attached hydrogens (tertiary/aromatic N) is 1. The number of rotatable bonds is 4. The number of hydrogen-bond donors (Lipinski definition) is 1. The summed E-state index contributed by atoms with van der Waals surface area (Å²) in [6.07, 6.45) is 7.60. The number of thioether (sulfide) groups is 1. The lowest BCUT2D eigenvalue weighted by atomic mass is 9.79. The first-order valence-electron chi connectivity index (χ1n) is 11.3. The fourth-order valence-corrected chi connectivity index (χ4v) is 9.72. The van der Waals surface area contributed by atoms with Gasteiger partial charge >= 0.3 is 0 Å². The van der Waals surface area contributed by atoms with Crippen LogP contribution < -0.4 is 5.32 Å². The molecule has 1 amide bonds. The summed E-state index contributed by atoms with van der Waals surface area (Å²) in [5.74, 6) is 1.68. The molecule has 1 saturated heterocycles. The number of sulfone groups is 1. The number of amides is 1. The number of carbonyl (C=O) groups excluding carboxylic acids is 1. The van der Waals surface area contributed by atoms with Crippen LogP contribution in [-0.2, 0) is 14.6 Å². The van der Waals surface area contributed by atoms with Crippen LogP contribution in [0, 0.1) is 17.8 Å². The van der Waals surface area contributed by atoms with Crippen molar-refractivity contribution in [3.05, 3.63) is 29.3 Å². The van der Waals surface area contributed by atoms with Crippen LogP contribution >= 0.6 is 23.4 Å². The molecule has 4 atom stereocenters. The van der Waals surface area contributed by atoms with Crippen molar-refractivity contribution in [2.45, 2.75) is 79.2 Å². The number of fused-ring (bicyclic) bond motifs is 2. The maximum absolute atomic E-state index is 13.1. The first-order valence-corrected chi connectivity index (χ1v) is 14.1. The van der Waals surface area contributed by atoms with Crippen molar-refractivity contribution in [1.82, 2.24) is 5.32 Å². The van der Waals surface area contributed by atoms with E-state index in [4.69, 9.17) is 16.6 Å². The van der Waals surface area contributed by atoms with E-state index in [1.54, 1.807) is 36.0 Å². The molecular formula is C23H29ClN2O3S2. The fraction of sp³-hybridized carbons (Fsp3) is 0.652. The highest BCUT2D eigenvalue weighted by Crippen LogP contribution is 2.49. The van der Waals surface area contributed by atoms with E-state index in [1.807, 2.05) is 6.92 Å². The van der Waals surface area contributed by atoms with E-state index in [0.29, 0.717) is 37.6 Å². The van der Waals surface area contributed by atoms with Crippen molar-refractivity contribution >= 4 is 44.3 Å². The molecule has 168 valence electrons. The molecule has 1 aromatic rings. The van der Waals surface area contributed by atoms with E-state index in [0.717, 1.165) is 17.5 Å². The van der Waals surface area contributed by atoms with Crippen LogP contribution in [0.5, 0.6) is 0 Å². The second kappa shape index (κ2) is 8.07. The third-order valence-corrected chi connectivity index (χ3v) is 12.1. The summed E-state index contributed by atoms with van der Waals surface area (Å²) in [7, 11) is -3.47. The Balaban J connectivity index is 1.26. The average Bonchev–Trinajstić information content (AvgIpc) is 3.44. The van der Waals surface area contributed by atoms with Gasteiger partial charge in [0.05, 0.1) is 21.2 Å². The minimum atomic E-state index is -3.47. The lowest BCUT2D eigenvalue weighted by Crippen LogP contribution is -2.43. The Kier molecular flexibility index (Phi) is 5.67. The Hall–Kier alpha value is -1.05. The molecule has 1 aromatic carbocycles. The van der Waals surface area contributed by atoms with E-state index < -0.39 is 19.8 Å². The molecule has 3 aliphatic carbocycles. The van der Waals surface area contributed by atoms with Crippen LogP contribution in [0.3, 0.4) is 0 Å². The zero-order valence-electron chi connectivity index (χ0n) is 17.7. The molecule has 3 saturated carbocycles. The molecule has 1 aliphatic heterocycles. The standard InChI is InChI=1S/C23H29ClN2O3S2/c1-23(21(27)26-22(30-23)25-19-13-14-6-7-15(19)12-14)16-8-10-17(11-9-16)31(28,29)20-5-3-2-4-18(20)24/h2-5,14-17,19H,6-13H2,1H3,(H,25,26,27)/t14-,15+,16?,17?,19+,23?/m1/s1. The summed E-state index contributed by atoms with van der Waals surface area (Å²) in [5.41, 5.74) is 0. The van der Waals surface area contributed by atoms with Gasteiger partial charge in [-0.15, -0.1) is 0 Å². The number of nitrogens with one attached hydrogen (secondary N) is 1. The first kappa shape index (κ1) is 21.8. The van der Waals surface area contributed by atoms with Crippen LogP contribution in [0.1, 0.15) is 58.3 Å². The molecule has 1 heterocycles. The number of amidine groups is 1. The van der Waals surface area contributed by atoms with Crippen molar-refractivity contribution in [2.75, 3.05) is 0 Å². The van der Waals surface area contributed by atoms with Crippen molar-refractivity contribution in [3.8, 4) is 0 Å². The molecule has 31 heavy (non-hydrogen) atoms. The molecule has 1 unspecified atom stereocenters. The molecule has 0 radical (unpaired) electrons. The molecule has 5 nitrogen and oxygen atoms in total. The molecular weight excluding hydrogens is 452 g/mol. The Labute approximate surface area is 193 Å². The smallest absolute Gasteiger partial charge is 0.242 e. The zero-order chi connectivity index (χ0) is 21.8. The number of aliphatic imine (C=N–C) groups is 1. The van der Waals surface area contributed by atoms with Crippen LogP contribution in [0.4, 0.5) is 0 Å². The second-order valence-electron chi connectivity index (χ2n) is 9.79. The van der Waals surface area contributed by atoms with Gasteiger partial charge in [-0.05, 0) is 81.8 Å². The van der Waals surface area contributed by atoms with Crippen LogP contribution in [-0.4, -0.2) is 35.5 Å². The highest BCUT2D eigenvalue weighted by molar-refractivity contribution is 8.16. The topological polar surface area (TPSA) is 75.6 Å². The monoisotopic (exact) mass is 480 g/mol. The normalized spacial score (nSPS) is 39.2. The highest BCUT2D eigenvalue weighted by atomic mass is 35.5. The van der Waals surface area contributed by atoms with Gasteiger partial charge in [0.15, 0.2) is 15.0 Å². The van der Waals surface area contributed by atoms with E-state index in [2.05, 4.69) is 5.32 Å². The summed E-state index contributed by atoms with van der Waals surface area (Å²) in [6, 6.07) is 7.02. The number of benzene rings is 1. The second-order valence-corrected chi connectivity index (χ2v) is 13.8. The third kappa shape index (κ3) is 3.84. The molecule has 8 heteroatoms. The highest BCUT2D eigenvalue weighted by Gasteiger charge is 2.51. The van der Waals surface area contributed by atoms with Crippen molar-refractivity contribution in [2.24, 2.45) is 22.7 Å². The van der Waals surface area contributed by atoms with Gasteiger partial charge in [0.1, 0.15) is 4.75 Å². The van der Waals surface area contributed by atoms with Gasteiger partial charge in [-0.2, -0.15) is 0 Å². The van der Waals surface area contributed by atoms with Gasteiger partial charge in [0, 0.05) is 0 Å². The Morgan fingerprint density at radius 3 is 2.48 bits per heavy atom. The predicted molar refractivity (Wildman–Crippen MR) is 125 cm³/mol. The summed E-state index contributed by atoms with van der Waals surface area (Å²) in [4.78, 5) is 18.1. The lowest BCUT2D eigenvalue weighted by molar-refractivity contribution is -0.122. The minimum Gasteiger partial charge on any atom is -0.304 e. The van der Waals surface area contributed by atoms with Gasteiger partial charge in [-0.3, -0.25) is 9.79 Å². The molecule has 5 rings (SSSR count). The van der Waals surface area contributed by atoms with E-state index in [-0.39, 0.29) is 21.7 Å². The van der Waals surface area contributed by atoms with E-state index in [1.165, 1.54) is 19.3 Å². The average molecular weight is 481 g/mol. The van der Waals surface area contributed by atoms with Crippen molar-refractivity contribution < 1.29 is 13.2 Å². The predicted octanol–water partition coefficient (Wildman–Crippen LogP) is 4.84. The molecule has 1 N–H and O–H groups in total. The summed E-state index contributed by atoms with van der Waals surface area (Å²) < 4.78 is 25.6. The van der Waals surface area contributed by atoms with Gasteiger partial charge < -0.3 is 5.32 Å². The van der Waals surface area contributed by atoms with Crippen molar-refractivity contribution in [3.63, 3.8) is 0 Å². The Morgan fingerprint density at radius 2 is 1.84 bits per heavy atom. The maximum atomic E-state index is 13.1. The lowest BCUT2D eigenvalue weighted by Gasteiger charge is -2.36. The molecule has 0 spiro atoms. The van der Waals surface area contributed by atoms with Crippen LogP contribution in [0.15, 0.2) is 34.2 Å². The summed E-state index contributed by atoms with van der Waals surface area (Å²) in [6.45, 7) is 2.00. The Morgan fingerprint density at radius 1 is 1.10 bits per heavy atom. The maximum Gasteiger partial charge on any atom is 0.242 e. The molecule has 4 fully saturated rings. The van der Waals surface area contributed by atoms with E-state index in [9.17, 15) is 13.2 Å². The Bertz CT molecular complexity index is 1020. The zero-order valence-corrected chi connectivity index (χ0v) is 20.1. The molecule has 0 aromatic heterocycles. The summed E-state index contributed by atoms with van der Waals surface area (Å²) >= 11 is 7.73. The SMILES string of the molecule is CC1(C2CCC(S(=O)(=O)c3ccccc3Cl)CC2)SC(=N[C@H]2C[C@@H]3CC[C@H]2C3)NC1=O. The number of hydrogen-bond acceptors (Lipinski definition) is 5.